The fourth-order valence-corrected chi connectivity index (χ4v) is 4.24. The van der Waals surface area contributed by atoms with Crippen LogP contribution >= 0.6 is 0 Å². The lowest BCUT2D eigenvalue weighted by Crippen LogP contribution is -2.49. The molecule has 0 saturated heterocycles. The minimum Gasteiger partial charge on any atom is -0.481 e. The number of nitrogens with two attached hydrogens (primary N) is 1. The van der Waals surface area contributed by atoms with E-state index in [9.17, 15) is 14.7 Å². The average Bonchev–Trinajstić information content (AvgIpc) is 2.92. The van der Waals surface area contributed by atoms with Crippen LogP contribution in [0.2, 0.25) is 0 Å². The van der Waals surface area contributed by atoms with Gasteiger partial charge in [-0.25, -0.2) is 0 Å². The van der Waals surface area contributed by atoms with Gasteiger partial charge in [-0.05, 0) is 56.3 Å². The Morgan fingerprint density at radius 3 is 2.64 bits per heavy atom. The van der Waals surface area contributed by atoms with Crippen molar-refractivity contribution in [2.24, 2.45) is 23.0 Å². The van der Waals surface area contributed by atoms with E-state index in [-0.39, 0.29) is 0 Å². The standard InChI is InChI=1S/C16H28N2O4/c1-9(18-15(22)12(17)7-14(20)21)13(19)6-11-5-10-3-4-16(11,2)8-10/h9-13,19H,3-8,17H2,1-2H3,(H,18,22)(H,20,21)/t9-,10?,11?,12+,13-,16?/m1/s1. The molecular weight excluding hydrogens is 284 g/mol. The van der Waals surface area contributed by atoms with Gasteiger partial charge in [-0.1, -0.05) is 6.92 Å². The number of aliphatic hydroxyl groups excluding tert-OH is 1. The van der Waals surface area contributed by atoms with Gasteiger partial charge < -0.3 is 21.3 Å². The number of carboxylic acids is 1. The van der Waals surface area contributed by atoms with Crippen molar-refractivity contribution in [3.63, 3.8) is 0 Å². The number of amides is 1. The first-order valence-electron chi connectivity index (χ1n) is 8.17. The third-order valence-corrected chi connectivity index (χ3v) is 5.69. The predicted molar refractivity (Wildman–Crippen MR) is 82.0 cm³/mol. The monoisotopic (exact) mass is 312 g/mol. The minimum atomic E-state index is -1.11. The third-order valence-electron chi connectivity index (χ3n) is 5.69. The lowest BCUT2D eigenvalue weighted by Gasteiger charge is -2.34. The molecule has 0 radical (unpaired) electrons. The van der Waals surface area contributed by atoms with Crippen LogP contribution < -0.4 is 11.1 Å². The summed E-state index contributed by atoms with van der Waals surface area (Å²) >= 11 is 0. The van der Waals surface area contributed by atoms with E-state index in [0.717, 1.165) is 5.92 Å². The Morgan fingerprint density at radius 1 is 1.45 bits per heavy atom. The van der Waals surface area contributed by atoms with Crippen LogP contribution in [-0.4, -0.2) is 40.3 Å². The van der Waals surface area contributed by atoms with Crippen LogP contribution in [0.3, 0.4) is 0 Å². The Balaban J connectivity index is 1.81. The molecule has 2 rings (SSSR count). The maximum atomic E-state index is 11.8. The zero-order valence-corrected chi connectivity index (χ0v) is 13.4. The molecular formula is C16H28N2O4. The van der Waals surface area contributed by atoms with Crippen LogP contribution in [0.25, 0.3) is 0 Å². The second-order valence-corrected chi connectivity index (χ2v) is 7.50. The minimum absolute atomic E-state index is 0.342. The smallest absolute Gasteiger partial charge is 0.305 e. The van der Waals surface area contributed by atoms with E-state index in [1.807, 2.05) is 0 Å². The topological polar surface area (TPSA) is 113 Å². The summed E-state index contributed by atoms with van der Waals surface area (Å²) in [6.07, 6.45) is 4.63. The number of fused-ring (bicyclic) bond motifs is 2. The molecule has 0 aromatic heterocycles. The Kier molecular flexibility index (Phi) is 5.12. The van der Waals surface area contributed by atoms with Crippen molar-refractivity contribution >= 4 is 11.9 Å². The number of nitrogens with one attached hydrogen (secondary N) is 1. The van der Waals surface area contributed by atoms with Gasteiger partial charge in [0.1, 0.15) is 0 Å². The van der Waals surface area contributed by atoms with Crippen molar-refractivity contribution in [1.82, 2.24) is 5.32 Å². The van der Waals surface area contributed by atoms with E-state index in [2.05, 4.69) is 12.2 Å². The second-order valence-electron chi connectivity index (χ2n) is 7.50. The SMILES string of the molecule is C[C@@H](NC(=O)[C@@H](N)CC(=O)O)[C@H](O)CC1CC2CCC1(C)C2. The van der Waals surface area contributed by atoms with Crippen LogP contribution in [0, 0.1) is 17.3 Å². The Morgan fingerprint density at radius 2 is 2.14 bits per heavy atom. The molecule has 0 heterocycles. The molecule has 22 heavy (non-hydrogen) atoms. The fourth-order valence-electron chi connectivity index (χ4n) is 4.24. The molecule has 3 unspecified atom stereocenters. The summed E-state index contributed by atoms with van der Waals surface area (Å²) in [6, 6.07) is -1.50. The number of aliphatic carboxylic acids is 1. The van der Waals surface area contributed by atoms with Crippen LogP contribution in [0.1, 0.15) is 52.4 Å². The molecule has 2 fully saturated rings. The number of carbonyl (C=O) groups is 2. The summed E-state index contributed by atoms with van der Waals surface area (Å²) in [5.41, 5.74) is 5.87. The lowest BCUT2D eigenvalue weighted by molar-refractivity contribution is -0.139. The number of hydrogen-bond donors (Lipinski definition) is 4. The van der Waals surface area contributed by atoms with Gasteiger partial charge in [0.05, 0.1) is 24.6 Å². The summed E-state index contributed by atoms with van der Waals surface area (Å²) in [7, 11) is 0. The van der Waals surface area contributed by atoms with E-state index in [1.54, 1.807) is 6.92 Å². The molecule has 0 aliphatic heterocycles. The van der Waals surface area contributed by atoms with E-state index >= 15 is 0 Å². The van der Waals surface area contributed by atoms with Crippen molar-refractivity contribution in [2.45, 2.75) is 70.6 Å². The Bertz CT molecular complexity index is 442. The van der Waals surface area contributed by atoms with E-state index in [0.29, 0.717) is 17.8 Å². The van der Waals surface area contributed by atoms with Gasteiger partial charge in [-0.15, -0.1) is 0 Å². The molecule has 6 heteroatoms. The third kappa shape index (κ3) is 3.79. The fraction of sp³-hybridized carbons (Fsp3) is 0.875. The van der Waals surface area contributed by atoms with Gasteiger partial charge in [0, 0.05) is 0 Å². The quantitative estimate of drug-likeness (QED) is 0.557. The predicted octanol–water partition coefficient (Wildman–Crippen LogP) is 0.870. The largest absolute Gasteiger partial charge is 0.481 e. The molecule has 2 saturated carbocycles. The first-order valence-corrected chi connectivity index (χ1v) is 8.17. The van der Waals surface area contributed by atoms with E-state index < -0.39 is 36.5 Å². The van der Waals surface area contributed by atoms with Crippen molar-refractivity contribution in [3.05, 3.63) is 0 Å². The maximum Gasteiger partial charge on any atom is 0.305 e. The Hall–Kier alpha value is -1.14. The second kappa shape index (κ2) is 6.54. The van der Waals surface area contributed by atoms with Crippen LogP contribution in [-0.2, 0) is 9.59 Å². The number of rotatable bonds is 7. The van der Waals surface area contributed by atoms with E-state index in [1.165, 1.54) is 25.7 Å². The summed E-state index contributed by atoms with van der Waals surface area (Å²) in [6.45, 7) is 4.05. The van der Waals surface area contributed by atoms with Crippen LogP contribution in [0.15, 0.2) is 0 Å². The highest BCUT2D eigenvalue weighted by Gasteiger charge is 2.49. The summed E-state index contributed by atoms with van der Waals surface area (Å²) in [4.78, 5) is 22.4. The first-order chi connectivity index (χ1) is 10.2. The first kappa shape index (κ1) is 17.2. The highest BCUT2D eigenvalue weighted by atomic mass is 16.4. The normalized spacial score (nSPS) is 34.2. The average molecular weight is 312 g/mol. The van der Waals surface area contributed by atoms with Crippen molar-refractivity contribution in [3.8, 4) is 0 Å². The van der Waals surface area contributed by atoms with Crippen LogP contribution in [0.5, 0.6) is 0 Å². The molecule has 6 nitrogen and oxygen atoms in total. The Labute approximate surface area is 131 Å². The maximum absolute atomic E-state index is 11.8. The van der Waals surface area contributed by atoms with Gasteiger partial charge in [0.2, 0.25) is 5.91 Å². The van der Waals surface area contributed by atoms with Crippen molar-refractivity contribution in [2.75, 3.05) is 0 Å². The number of hydrogen-bond acceptors (Lipinski definition) is 4. The molecule has 5 N–H and O–H groups in total. The zero-order chi connectivity index (χ0) is 16.5. The number of carboxylic acid groups (broad SMARTS) is 1. The lowest BCUT2D eigenvalue weighted by atomic mass is 9.73. The molecule has 0 aromatic carbocycles. The van der Waals surface area contributed by atoms with E-state index in [4.69, 9.17) is 10.8 Å². The number of aliphatic hydroxyl groups is 1. The zero-order valence-electron chi connectivity index (χ0n) is 13.4. The van der Waals surface area contributed by atoms with Crippen molar-refractivity contribution in [1.29, 1.82) is 0 Å². The summed E-state index contributed by atoms with van der Waals surface area (Å²) < 4.78 is 0. The molecule has 0 aromatic rings. The van der Waals surface area contributed by atoms with Gasteiger partial charge in [-0.3, -0.25) is 9.59 Å². The van der Waals surface area contributed by atoms with Crippen molar-refractivity contribution < 1.29 is 19.8 Å². The van der Waals surface area contributed by atoms with Gasteiger partial charge in [0.15, 0.2) is 0 Å². The number of carbonyl (C=O) groups excluding carboxylic acids is 1. The summed E-state index contributed by atoms with van der Waals surface area (Å²) in [5.74, 6) is -0.316. The van der Waals surface area contributed by atoms with Crippen LogP contribution in [0.4, 0.5) is 0 Å². The van der Waals surface area contributed by atoms with Gasteiger partial charge >= 0.3 is 5.97 Å². The molecule has 2 aliphatic rings. The molecule has 126 valence electrons. The summed E-state index contributed by atoms with van der Waals surface area (Å²) in [5, 5.41) is 21.6. The highest BCUT2D eigenvalue weighted by molar-refractivity contribution is 5.86. The highest BCUT2D eigenvalue weighted by Crippen LogP contribution is 2.58. The molecule has 2 aliphatic carbocycles. The molecule has 1 amide bonds. The molecule has 0 spiro atoms. The van der Waals surface area contributed by atoms with Gasteiger partial charge in [-0.2, -0.15) is 0 Å². The van der Waals surface area contributed by atoms with Gasteiger partial charge in [0.25, 0.3) is 0 Å². The molecule has 2 bridgehead atoms. The molecule has 6 atom stereocenters.